The van der Waals surface area contributed by atoms with E-state index >= 15 is 0 Å². The number of amides is 4. The van der Waals surface area contributed by atoms with E-state index < -0.39 is 53.8 Å². The van der Waals surface area contributed by atoms with Gasteiger partial charge in [0.15, 0.2) is 6.04 Å². The van der Waals surface area contributed by atoms with Gasteiger partial charge in [-0.2, -0.15) is 0 Å². The molecule has 0 aromatic heterocycles. The summed E-state index contributed by atoms with van der Waals surface area (Å²) < 4.78 is 6.05. The van der Waals surface area contributed by atoms with Crippen LogP contribution >= 0.6 is 0 Å². The van der Waals surface area contributed by atoms with Gasteiger partial charge in [0.25, 0.3) is 5.91 Å². The molecule has 0 aromatic rings. The van der Waals surface area contributed by atoms with Gasteiger partial charge < -0.3 is 31.1 Å². The number of rotatable bonds is 7. The van der Waals surface area contributed by atoms with Crippen molar-refractivity contribution in [3.63, 3.8) is 0 Å². The van der Waals surface area contributed by atoms with Crippen LogP contribution in [0.25, 0.3) is 0 Å². The van der Waals surface area contributed by atoms with E-state index in [1.54, 1.807) is 0 Å². The molecule has 2 saturated heterocycles. The van der Waals surface area contributed by atoms with E-state index in [0.717, 1.165) is 89.4 Å². The minimum absolute atomic E-state index is 0.0689. The van der Waals surface area contributed by atoms with Crippen LogP contribution in [0, 0.1) is 53.3 Å². The number of aliphatic carboxylic acids is 1. The quantitative estimate of drug-likeness (QED) is 0.146. The molecular formula is C48H73N5O7. The monoisotopic (exact) mass is 832 g/mol. The molecule has 332 valence electrons. The number of nitrogens with zero attached hydrogens (tertiary/aromatic N) is 1. The van der Waals surface area contributed by atoms with E-state index in [4.69, 9.17) is 9.73 Å². The largest absolute Gasteiger partial charge is 0.480 e. The second-order valence-corrected chi connectivity index (χ2v) is 19.8. The lowest BCUT2D eigenvalue weighted by Gasteiger charge is -2.37. The van der Waals surface area contributed by atoms with Crippen LogP contribution in [0.2, 0.25) is 0 Å². The predicted molar refractivity (Wildman–Crippen MR) is 230 cm³/mol. The van der Waals surface area contributed by atoms with Crippen LogP contribution < -0.4 is 21.3 Å². The first kappa shape index (κ1) is 44.6. The van der Waals surface area contributed by atoms with E-state index in [0.29, 0.717) is 56.3 Å². The molecule has 8 rings (SSSR count). The van der Waals surface area contributed by atoms with E-state index in [9.17, 15) is 29.1 Å². The third kappa shape index (κ3) is 12.6. The molecule has 12 nitrogen and oxygen atoms in total. The number of fused-ring (bicyclic) bond motifs is 17. The fraction of sp³-hybridized carbons (Fsp3) is 0.833. The van der Waals surface area contributed by atoms with Gasteiger partial charge in [0, 0.05) is 6.21 Å². The third-order valence-corrected chi connectivity index (χ3v) is 15.7. The Labute approximate surface area is 358 Å². The first-order chi connectivity index (χ1) is 29.2. The maximum Gasteiger partial charge on any atom is 0.326 e. The van der Waals surface area contributed by atoms with Gasteiger partial charge >= 0.3 is 5.97 Å². The van der Waals surface area contributed by atoms with Crippen LogP contribution in [0.3, 0.4) is 0 Å². The summed E-state index contributed by atoms with van der Waals surface area (Å²) in [6.07, 6.45) is 27.0. The van der Waals surface area contributed by atoms with Crippen molar-refractivity contribution in [1.29, 1.82) is 0 Å². The number of aliphatic imine (C=N–C) groups is 1. The lowest BCUT2D eigenvalue weighted by Crippen LogP contribution is -2.58. The molecule has 3 heterocycles. The summed E-state index contributed by atoms with van der Waals surface area (Å²) in [5.74, 6) is 5.74. The number of nitrogens with one attached hydrogen (secondary N) is 4. The van der Waals surface area contributed by atoms with E-state index in [2.05, 4.69) is 33.1 Å². The Morgan fingerprint density at radius 2 is 1.30 bits per heavy atom. The normalized spacial score (nSPS) is 36.8. The predicted octanol–water partition coefficient (Wildman–Crippen LogP) is 6.39. The second kappa shape index (κ2) is 22.1. The van der Waals surface area contributed by atoms with Gasteiger partial charge in [0.05, 0.1) is 18.1 Å². The number of hydrogen-bond donors (Lipinski definition) is 5. The lowest BCUT2D eigenvalue weighted by atomic mass is 9.70. The number of carbonyl (C=O) groups excluding carboxylic acids is 4. The molecule has 60 heavy (non-hydrogen) atoms. The van der Waals surface area contributed by atoms with Crippen molar-refractivity contribution in [3.8, 4) is 11.8 Å². The molecule has 5 N–H and O–H groups in total. The summed E-state index contributed by atoms with van der Waals surface area (Å²) in [5, 5.41) is 22.0. The molecule has 3 aliphatic heterocycles. The van der Waals surface area contributed by atoms with E-state index in [1.165, 1.54) is 38.5 Å². The number of carbonyl (C=O) groups is 5. The Morgan fingerprint density at radius 1 is 0.650 bits per heavy atom. The fourth-order valence-electron chi connectivity index (χ4n) is 12.0. The van der Waals surface area contributed by atoms with Gasteiger partial charge in [-0.15, -0.1) is 0 Å². The number of carboxylic acid groups (broad SMARTS) is 1. The Kier molecular flexibility index (Phi) is 16.4. The molecule has 2 bridgehead atoms. The molecule has 5 aliphatic carbocycles. The molecule has 0 aromatic carbocycles. The van der Waals surface area contributed by atoms with Crippen molar-refractivity contribution in [1.82, 2.24) is 21.3 Å². The van der Waals surface area contributed by atoms with Gasteiger partial charge in [-0.25, -0.2) is 4.79 Å². The average Bonchev–Trinajstić information content (AvgIpc) is 3.69. The highest BCUT2D eigenvalue weighted by atomic mass is 16.5. The molecular weight excluding hydrogens is 759 g/mol. The number of ether oxygens (including phenoxy) is 1. The summed E-state index contributed by atoms with van der Waals surface area (Å²) in [4.78, 5) is 74.0. The van der Waals surface area contributed by atoms with Gasteiger partial charge in [0.1, 0.15) is 24.7 Å². The lowest BCUT2D eigenvalue weighted by molar-refractivity contribution is -0.143. The molecule has 5 saturated carbocycles. The molecule has 4 amide bonds. The first-order valence-corrected chi connectivity index (χ1v) is 24.3. The molecule has 8 aliphatic rings. The van der Waals surface area contributed by atoms with Gasteiger partial charge in [0.2, 0.25) is 17.7 Å². The molecule has 0 spiro atoms. The SMILES string of the molecule is O=C1COC2CCC(CC2)CC(C(=O)O)NC(=O)C(CCC2CCCCC2)NC(=O)C(CC2CCC(C3CCCCC3)CC2)NC(=O)C(C#CC2C=NC3CCCCC23)N1. The Bertz CT molecular complexity index is 1560. The Morgan fingerprint density at radius 3 is 2.03 bits per heavy atom. The van der Waals surface area contributed by atoms with Crippen molar-refractivity contribution < 1.29 is 33.8 Å². The molecule has 7 fully saturated rings. The Balaban J connectivity index is 1.14. The molecule has 12 heteroatoms. The summed E-state index contributed by atoms with van der Waals surface area (Å²) in [7, 11) is 0. The highest BCUT2D eigenvalue weighted by molar-refractivity contribution is 5.96. The summed E-state index contributed by atoms with van der Waals surface area (Å²) in [6.45, 7) is -0.235. The van der Waals surface area contributed by atoms with Crippen LogP contribution in [0.4, 0.5) is 0 Å². The maximum absolute atomic E-state index is 14.6. The van der Waals surface area contributed by atoms with Gasteiger partial charge in [-0.1, -0.05) is 102 Å². The molecule has 7 unspecified atom stereocenters. The average molecular weight is 832 g/mol. The summed E-state index contributed by atoms with van der Waals surface area (Å²) in [5.41, 5.74) is 0. The zero-order valence-corrected chi connectivity index (χ0v) is 36.0. The number of hydrogen-bond acceptors (Lipinski definition) is 7. The zero-order valence-electron chi connectivity index (χ0n) is 36.0. The van der Waals surface area contributed by atoms with E-state index in [1.807, 2.05) is 6.21 Å². The minimum atomic E-state index is -1.21. The van der Waals surface area contributed by atoms with Crippen molar-refractivity contribution >= 4 is 35.8 Å². The fourth-order valence-corrected chi connectivity index (χ4v) is 12.0. The van der Waals surface area contributed by atoms with Gasteiger partial charge in [-0.05, 0) is 113 Å². The molecule has 0 radical (unpaired) electrons. The van der Waals surface area contributed by atoms with Crippen LogP contribution in [-0.4, -0.2) is 83.8 Å². The smallest absolute Gasteiger partial charge is 0.326 e. The van der Waals surface area contributed by atoms with Crippen LogP contribution in [0.5, 0.6) is 0 Å². The van der Waals surface area contributed by atoms with Gasteiger partial charge in [-0.3, -0.25) is 24.2 Å². The highest BCUT2D eigenvalue weighted by Crippen LogP contribution is 2.41. The topological polar surface area (TPSA) is 175 Å². The van der Waals surface area contributed by atoms with Crippen molar-refractivity contribution in [2.75, 3.05) is 6.61 Å². The minimum Gasteiger partial charge on any atom is -0.480 e. The highest BCUT2D eigenvalue weighted by Gasteiger charge is 2.38. The number of carboxylic acids is 1. The standard InChI is InChI=1S/C48H73N5O7/c54-44-30-60-37-23-17-33(18-24-37)28-43(48(58)59)53-46(56)41(25-19-31-9-3-1-4-10-31)51-47(57)42(27-32-15-20-35(21-16-32)34-11-5-2-6-12-34)52-45(55)40(50-44)26-22-36-29-49-39-14-8-7-13-38(36)39/h29,31-43H,1-21,23-25,27-28,30H2,(H,50,54)(H,51,57)(H,52,55)(H,53,56)(H,58,59). The second-order valence-electron chi connectivity index (χ2n) is 19.8. The van der Waals surface area contributed by atoms with Crippen LogP contribution in [0.1, 0.15) is 167 Å². The van der Waals surface area contributed by atoms with Crippen molar-refractivity contribution in [3.05, 3.63) is 0 Å². The van der Waals surface area contributed by atoms with Crippen molar-refractivity contribution in [2.24, 2.45) is 46.4 Å². The van der Waals surface area contributed by atoms with Crippen molar-refractivity contribution in [2.45, 2.75) is 203 Å². The zero-order chi connectivity index (χ0) is 41.8. The Hall–Kier alpha value is -3.46. The summed E-state index contributed by atoms with van der Waals surface area (Å²) >= 11 is 0. The van der Waals surface area contributed by atoms with Crippen LogP contribution in [-0.2, 0) is 28.7 Å². The maximum atomic E-state index is 14.6. The first-order valence-electron chi connectivity index (χ1n) is 24.3. The third-order valence-electron chi connectivity index (χ3n) is 15.7. The summed E-state index contributed by atoms with van der Waals surface area (Å²) in [6, 6.07) is -3.98. The van der Waals surface area contributed by atoms with Crippen LogP contribution in [0.15, 0.2) is 4.99 Å². The molecule has 7 atom stereocenters. The van der Waals surface area contributed by atoms with E-state index in [-0.39, 0.29) is 42.9 Å².